The lowest BCUT2D eigenvalue weighted by atomic mass is 9.88. The molecule has 0 bridgehead atoms. The third-order valence-electron chi connectivity index (χ3n) is 4.13. The number of ether oxygens (including phenoxy) is 1. The highest BCUT2D eigenvalue weighted by Crippen LogP contribution is 2.41. The van der Waals surface area contributed by atoms with Crippen molar-refractivity contribution in [1.82, 2.24) is 5.06 Å². The standard InChI is InChI=1S/C13H19NO4S/c1-8(15)19-10-5-7-17-13(16)11-9-4-2-3-6-14(9)18-12(10)11/h9-12H,2-7H2,1H3/t9-,10-,11-,12-/m0/s1. The number of carbonyl (C=O) groups is 2. The van der Waals surface area contributed by atoms with Crippen molar-refractivity contribution in [2.24, 2.45) is 5.92 Å². The van der Waals surface area contributed by atoms with Crippen LogP contribution in [0.15, 0.2) is 0 Å². The molecule has 0 aromatic rings. The van der Waals surface area contributed by atoms with Gasteiger partial charge in [-0.2, -0.15) is 5.06 Å². The lowest BCUT2D eigenvalue weighted by molar-refractivity contribution is -0.171. The molecule has 3 rings (SSSR count). The lowest BCUT2D eigenvalue weighted by Crippen LogP contribution is -2.40. The number of fused-ring (bicyclic) bond motifs is 3. The Labute approximate surface area is 116 Å². The summed E-state index contributed by atoms with van der Waals surface area (Å²) in [7, 11) is 0. The molecule has 106 valence electrons. The van der Waals surface area contributed by atoms with Gasteiger partial charge in [-0.15, -0.1) is 0 Å². The van der Waals surface area contributed by atoms with Crippen molar-refractivity contribution in [2.45, 2.75) is 50.0 Å². The number of esters is 1. The van der Waals surface area contributed by atoms with Crippen LogP contribution in [0.4, 0.5) is 0 Å². The smallest absolute Gasteiger partial charge is 0.313 e. The maximum Gasteiger partial charge on any atom is 0.313 e. The predicted molar refractivity (Wildman–Crippen MR) is 70.3 cm³/mol. The van der Waals surface area contributed by atoms with Gasteiger partial charge in [0.1, 0.15) is 12.0 Å². The Hall–Kier alpha value is -0.590. The molecular weight excluding hydrogens is 266 g/mol. The van der Waals surface area contributed by atoms with E-state index in [0.29, 0.717) is 13.0 Å². The van der Waals surface area contributed by atoms with Crippen molar-refractivity contribution in [1.29, 1.82) is 0 Å². The van der Waals surface area contributed by atoms with Crippen LogP contribution in [-0.4, -0.2) is 46.7 Å². The summed E-state index contributed by atoms with van der Waals surface area (Å²) in [5, 5.41) is 2.06. The zero-order valence-corrected chi connectivity index (χ0v) is 11.9. The molecule has 0 aliphatic carbocycles. The molecule has 0 spiro atoms. The van der Waals surface area contributed by atoms with E-state index in [4.69, 9.17) is 9.57 Å². The molecule has 0 saturated carbocycles. The molecule has 3 aliphatic rings. The molecule has 19 heavy (non-hydrogen) atoms. The Balaban J connectivity index is 1.83. The molecule has 3 heterocycles. The molecule has 3 fully saturated rings. The van der Waals surface area contributed by atoms with Gasteiger partial charge in [0.25, 0.3) is 0 Å². The Morgan fingerprint density at radius 2 is 2.21 bits per heavy atom. The fraction of sp³-hybridized carbons (Fsp3) is 0.846. The summed E-state index contributed by atoms with van der Waals surface area (Å²) in [4.78, 5) is 29.5. The highest BCUT2D eigenvalue weighted by Gasteiger charge is 2.53. The van der Waals surface area contributed by atoms with Gasteiger partial charge in [-0.25, -0.2) is 0 Å². The third-order valence-corrected chi connectivity index (χ3v) is 5.27. The molecule has 6 heteroatoms. The van der Waals surface area contributed by atoms with E-state index in [1.54, 1.807) is 6.92 Å². The van der Waals surface area contributed by atoms with Crippen LogP contribution in [0.5, 0.6) is 0 Å². The molecular formula is C13H19NO4S. The van der Waals surface area contributed by atoms with E-state index in [0.717, 1.165) is 25.8 Å². The fourth-order valence-corrected chi connectivity index (χ4v) is 4.32. The van der Waals surface area contributed by atoms with Crippen LogP contribution in [0.1, 0.15) is 32.6 Å². The van der Waals surface area contributed by atoms with Crippen molar-refractivity contribution in [2.75, 3.05) is 13.2 Å². The maximum absolute atomic E-state index is 12.2. The van der Waals surface area contributed by atoms with E-state index in [1.165, 1.54) is 11.8 Å². The SMILES string of the molecule is CC(=O)S[C@H]1CCOC(=O)[C@@H]2[C@H]1ON1CCCC[C@@H]21. The molecule has 0 aromatic carbocycles. The number of piperidine rings is 1. The fourth-order valence-electron chi connectivity index (χ4n) is 3.33. The molecule has 0 unspecified atom stereocenters. The van der Waals surface area contributed by atoms with E-state index in [-0.39, 0.29) is 34.4 Å². The molecule has 0 radical (unpaired) electrons. The van der Waals surface area contributed by atoms with E-state index in [9.17, 15) is 9.59 Å². The number of carbonyl (C=O) groups excluding carboxylic acids is 2. The Morgan fingerprint density at radius 3 is 3.00 bits per heavy atom. The molecule has 0 amide bonds. The highest BCUT2D eigenvalue weighted by molar-refractivity contribution is 8.14. The van der Waals surface area contributed by atoms with E-state index in [1.807, 2.05) is 5.06 Å². The van der Waals surface area contributed by atoms with Gasteiger partial charge in [0.05, 0.1) is 12.6 Å². The molecule has 0 aromatic heterocycles. The third kappa shape index (κ3) is 2.53. The van der Waals surface area contributed by atoms with Crippen LogP contribution in [0.2, 0.25) is 0 Å². The first-order chi connectivity index (χ1) is 9.16. The van der Waals surface area contributed by atoms with Gasteiger partial charge in [0, 0.05) is 18.7 Å². The van der Waals surface area contributed by atoms with Crippen LogP contribution in [0, 0.1) is 5.92 Å². The maximum atomic E-state index is 12.2. The minimum Gasteiger partial charge on any atom is -0.465 e. The molecule has 4 atom stereocenters. The van der Waals surface area contributed by atoms with Crippen molar-refractivity contribution >= 4 is 22.8 Å². The second-order valence-corrected chi connectivity index (χ2v) is 6.82. The lowest BCUT2D eigenvalue weighted by Gasteiger charge is -2.28. The Morgan fingerprint density at radius 1 is 1.37 bits per heavy atom. The number of nitrogens with zero attached hydrogens (tertiary/aromatic N) is 1. The number of hydrogen-bond acceptors (Lipinski definition) is 6. The van der Waals surface area contributed by atoms with Crippen LogP contribution in [0.3, 0.4) is 0 Å². The quantitative estimate of drug-likeness (QED) is 0.678. The van der Waals surface area contributed by atoms with Gasteiger partial charge in [0.15, 0.2) is 5.12 Å². The van der Waals surface area contributed by atoms with Crippen LogP contribution < -0.4 is 0 Å². The second-order valence-electron chi connectivity index (χ2n) is 5.40. The first kappa shape index (κ1) is 13.4. The van der Waals surface area contributed by atoms with Crippen molar-refractivity contribution < 1.29 is 19.2 Å². The van der Waals surface area contributed by atoms with Crippen molar-refractivity contribution in [3.8, 4) is 0 Å². The van der Waals surface area contributed by atoms with Crippen LogP contribution in [-0.2, 0) is 19.2 Å². The summed E-state index contributed by atoms with van der Waals surface area (Å²) < 4.78 is 5.31. The van der Waals surface area contributed by atoms with Gasteiger partial charge in [-0.1, -0.05) is 18.2 Å². The normalized spacial score (nSPS) is 39.1. The summed E-state index contributed by atoms with van der Waals surface area (Å²) in [5.41, 5.74) is 0. The Bertz CT molecular complexity index is 389. The predicted octanol–water partition coefficient (Wildman–Crippen LogP) is 1.37. The number of thioether (sulfide) groups is 1. The number of hydrogen-bond donors (Lipinski definition) is 0. The minimum absolute atomic E-state index is 0.0274. The summed E-state index contributed by atoms with van der Waals surface area (Å²) in [6, 6.07) is 0.138. The zero-order valence-electron chi connectivity index (χ0n) is 11.0. The number of hydroxylamine groups is 2. The Kier molecular flexibility index (Phi) is 3.82. The molecule has 3 saturated heterocycles. The van der Waals surface area contributed by atoms with E-state index < -0.39 is 0 Å². The molecule has 5 nitrogen and oxygen atoms in total. The molecule has 0 N–H and O–H groups in total. The van der Waals surface area contributed by atoms with Gasteiger partial charge in [-0.3, -0.25) is 14.4 Å². The van der Waals surface area contributed by atoms with Gasteiger partial charge < -0.3 is 4.74 Å². The zero-order chi connectivity index (χ0) is 13.4. The number of cyclic esters (lactones) is 1. The topological polar surface area (TPSA) is 55.8 Å². The summed E-state index contributed by atoms with van der Waals surface area (Å²) in [6.45, 7) is 2.84. The van der Waals surface area contributed by atoms with E-state index in [2.05, 4.69) is 0 Å². The van der Waals surface area contributed by atoms with Gasteiger partial charge in [0.2, 0.25) is 0 Å². The largest absolute Gasteiger partial charge is 0.465 e. The van der Waals surface area contributed by atoms with Gasteiger partial charge >= 0.3 is 5.97 Å². The van der Waals surface area contributed by atoms with Gasteiger partial charge in [-0.05, 0) is 19.3 Å². The first-order valence-corrected chi connectivity index (χ1v) is 7.82. The average molecular weight is 285 g/mol. The van der Waals surface area contributed by atoms with Crippen molar-refractivity contribution in [3.05, 3.63) is 0 Å². The van der Waals surface area contributed by atoms with E-state index >= 15 is 0 Å². The summed E-state index contributed by atoms with van der Waals surface area (Å²) in [5.74, 6) is -0.370. The summed E-state index contributed by atoms with van der Waals surface area (Å²) in [6.07, 6.45) is 3.71. The van der Waals surface area contributed by atoms with Crippen LogP contribution in [0.25, 0.3) is 0 Å². The van der Waals surface area contributed by atoms with Crippen LogP contribution >= 0.6 is 11.8 Å². The first-order valence-electron chi connectivity index (χ1n) is 6.94. The monoisotopic (exact) mass is 285 g/mol. The van der Waals surface area contributed by atoms with Crippen molar-refractivity contribution in [3.63, 3.8) is 0 Å². The number of rotatable bonds is 1. The highest BCUT2D eigenvalue weighted by atomic mass is 32.2. The summed E-state index contributed by atoms with van der Waals surface area (Å²) >= 11 is 1.29. The molecule has 3 aliphatic heterocycles. The average Bonchev–Trinajstić information content (AvgIpc) is 2.69. The minimum atomic E-state index is -0.223. The second kappa shape index (κ2) is 5.42.